The van der Waals surface area contributed by atoms with Crippen molar-refractivity contribution in [2.45, 2.75) is 26.7 Å². The highest BCUT2D eigenvalue weighted by Gasteiger charge is 2.14. The molecule has 0 aliphatic heterocycles. The molecule has 0 heterocycles. The van der Waals surface area contributed by atoms with Gasteiger partial charge in [0.2, 0.25) is 5.91 Å². The lowest BCUT2D eigenvalue weighted by molar-refractivity contribution is -0.906. The second-order valence-electron chi connectivity index (χ2n) is 4.18. The Morgan fingerprint density at radius 1 is 1.33 bits per heavy atom. The van der Waals surface area contributed by atoms with E-state index in [1.807, 2.05) is 0 Å². The van der Waals surface area contributed by atoms with Gasteiger partial charge in [-0.3, -0.25) is 4.79 Å². The minimum atomic E-state index is -0.0711. The molecule has 0 atom stereocenters. The Labute approximate surface area is 93.7 Å². The van der Waals surface area contributed by atoms with Gasteiger partial charge in [-0.15, -0.1) is 0 Å². The maximum Gasteiger partial charge on any atom is 0.243 e. The molecule has 3 nitrogen and oxygen atoms in total. The van der Waals surface area contributed by atoms with Crippen molar-refractivity contribution in [2.75, 3.05) is 33.2 Å². The van der Waals surface area contributed by atoms with Crippen molar-refractivity contribution in [2.24, 2.45) is 0 Å². The first-order valence-electron chi connectivity index (χ1n) is 5.81. The van der Waals surface area contributed by atoms with Gasteiger partial charge >= 0.3 is 0 Å². The number of hydrogen-bond acceptors (Lipinski definition) is 1. The second kappa shape index (κ2) is 7.46. The van der Waals surface area contributed by atoms with Crippen LogP contribution in [0.4, 0.5) is 0 Å². The van der Waals surface area contributed by atoms with E-state index in [9.17, 15) is 4.79 Å². The van der Waals surface area contributed by atoms with E-state index in [0.717, 1.165) is 23.9 Å². The van der Waals surface area contributed by atoms with Crippen LogP contribution in [0.5, 0.6) is 0 Å². The molecule has 0 rings (SSSR count). The summed E-state index contributed by atoms with van der Waals surface area (Å²) in [6.45, 7) is 12.2. The van der Waals surface area contributed by atoms with Crippen molar-refractivity contribution >= 4 is 5.91 Å². The number of unbranched alkanes of at least 4 members (excludes halogenated alkanes) is 1. The summed E-state index contributed by atoms with van der Waals surface area (Å²) in [5.41, 5.74) is 0. The Bertz CT molecular complexity index is 198. The van der Waals surface area contributed by atoms with Crippen LogP contribution in [-0.4, -0.2) is 43.6 Å². The monoisotopic (exact) mass is 213 g/mol. The number of quaternary nitrogens is 1. The third kappa shape index (κ3) is 6.28. The third-order valence-corrected chi connectivity index (χ3v) is 3.14. The summed E-state index contributed by atoms with van der Waals surface area (Å²) < 4.78 is 1.12. The normalized spacial score (nSPS) is 11.1. The van der Waals surface area contributed by atoms with Crippen LogP contribution in [0.2, 0.25) is 0 Å². The molecule has 0 radical (unpaired) electrons. The smallest absolute Gasteiger partial charge is 0.243 e. The first-order valence-corrected chi connectivity index (χ1v) is 5.81. The summed E-state index contributed by atoms with van der Waals surface area (Å²) in [6, 6.07) is 0. The summed E-state index contributed by atoms with van der Waals surface area (Å²) in [4.78, 5) is 10.9. The van der Waals surface area contributed by atoms with Crippen LogP contribution in [0.15, 0.2) is 12.7 Å². The number of amides is 1. The highest BCUT2D eigenvalue weighted by Crippen LogP contribution is 2.04. The lowest BCUT2D eigenvalue weighted by atomic mass is 10.2. The molecular formula is C12H25N2O+. The average Bonchev–Trinajstić information content (AvgIpc) is 2.27. The number of nitrogens with one attached hydrogen (secondary N) is 1. The van der Waals surface area contributed by atoms with E-state index in [4.69, 9.17) is 0 Å². The fourth-order valence-corrected chi connectivity index (χ4v) is 1.44. The average molecular weight is 213 g/mol. The van der Waals surface area contributed by atoms with Crippen LogP contribution in [0.3, 0.4) is 0 Å². The van der Waals surface area contributed by atoms with Gasteiger partial charge in [-0.25, -0.2) is 0 Å². The zero-order valence-corrected chi connectivity index (χ0v) is 10.4. The molecule has 0 aromatic carbocycles. The Kier molecular flexibility index (Phi) is 7.05. The van der Waals surface area contributed by atoms with Gasteiger partial charge in [0.25, 0.3) is 0 Å². The molecule has 1 N–H and O–H groups in total. The molecule has 0 bridgehead atoms. The predicted octanol–water partition coefficient (Wildman–Crippen LogP) is 1.56. The van der Waals surface area contributed by atoms with Crippen LogP contribution >= 0.6 is 0 Å². The van der Waals surface area contributed by atoms with E-state index < -0.39 is 0 Å². The van der Waals surface area contributed by atoms with E-state index in [1.54, 1.807) is 0 Å². The molecule has 0 saturated heterocycles. The van der Waals surface area contributed by atoms with Crippen molar-refractivity contribution in [3.05, 3.63) is 12.7 Å². The highest BCUT2D eigenvalue weighted by molar-refractivity contribution is 5.86. The maximum atomic E-state index is 10.9. The van der Waals surface area contributed by atoms with Crippen molar-refractivity contribution in [3.63, 3.8) is 0 Å². The Morgan fingerprint density at radius 3 is 2.40 bits per heavy atom. The molecule has 0 spiro atoms. The molecule has 0 aromatic heterocycles. The van der Waals surface area contributed by atoms with Crippen molar-refractivity contribution in [1.29, 1.82) is 0 Å². The fraction of sp³-hybridized carbons (Fsp3) is 0.750. The summed E-state index contributed by atoms with van der Waals surface area (Å²) in [6.07, 6.45) is 3.53. The van der Waals surface area contributed by atoms with Crippen molar-refractivity contribution in [1.82, 2.24) is 5.32 Å². The van der Waals surface area contributed by atoms with E-state index in [0.29, 0.717) is 0 Å². The quantitative estimate of drug-likeness (QED) is 0.370. The molecule has 0 fully saturated rings. The first-order chi connectivity index (χ1) is 7.08. The minimum absolute atomic E-state index is 0.0711. The van der Waals surface area contributed by atoms with Crippen molar-refractivity contribution in [3.8, 4) is 0 Å². The van der Waals surface area contributed by atoms with E-state index in [2.05, 4.69) is 32.8 Å². The molecule has 0 saturated carbocycles. The van der Waals surface area contributed by atoms with Gasteiger partial charge in [-0.2, -0.15) is 0 Å². The van der Waals surface area contributed by atoms with Gasteiger partial charge in [-0.1, -0.05) is 6.58 Å². The molecule has 0 unspecified atom stereocenters. The molecule has 1 amide bonds. The van der Waals surface area contributed by atoms with Crippen LogP contribution in [0.25, 0.3) is 0 Å². The van der Waals surface area contributed by atoms with Crippen LogP contribution in [-0.2, 0) is 4.79 Å². The van der Waals surface area contributed by atoms with Gasteiger partial charge in [0.1, 0.15) is 0 Å². The topological polar surface area (TPSA) is 29.1 Å². The SMILES string of the molecule is C=CC(=O)NCCCC[N+](C)(CC)CC. The number of rotatable bonds is 8. The number of nitrogens with zero attached hydrogens (tertiary/aromatic N) is 1. The molecule has 3 heteroatoms. The van der Waals surface area contributed by atoms with Gasteiger partial charge in [0.15, 0.2) is 0 Å². The third-order valence-electron chi connectivity index (χ3n) is 3.14. The lowest BCUT2D eigenvalue weighted by Crippen LogP contribution is -2.44. The molecule has 0 aliphatic rings. The second-order valence-corrected chi connectivity index (χ2v) is 4.18. The van der Waals surface area contributed by atoms with E-state index in [1.165, 1.54) is 25.7 Å². The molecule has 15 heavy (non-hydrogen) atoms. The number of hydrogen-bond donors (Lipinski definition) is 1. The van der Waals surface area contributed by atoms with Crippen LogP contribution < -0.4 is 5.32 Å². The predicted molar refractivity (Wildman–Crippen MR) is 64.6 cm³/mol. The number of carbonyl (C=O) groups excluding carboxylic acids is 1. The summed E-state index contributed by atoms with van der Waals surface area (Å²) in [7, 11) is 2.28. The Morgan fingerprint density at radius 2 is 1.93 bits per heavy atom. The Balaban J connectivity index is 3.53. The van der Waals surface area contributed by atoms with Gasteiger partial charge in [0.05, 0.1) is 26.7 Å². The van der Waals surface area contributed by atoms with E-state index in [-0.39, 0.29) is 5.91 Å². The van der Waals surface area contributed by atoms with E-state index >= 15 is 0 Å². The largest absolute Gasteiger partial charge is 0.353 e. The summed E-state index contributed by atoms with van der Waals surface area (Å²) in [5.74, 6) is -0.0711. The lowest BCUT2D eigenvalue weighted by Gasteiger charge is -2.32. The number of carbonyl (C=O) groups is 1. The van der Waals surface area contributed by atoms with Gasteiger partial charge < -0.3 is 9.80 Å². The van der Waals surface area contributed by atoms with Crippen molar-refractivity contribution < 1.29 is 9.28 Å². The van der Waals surface area contributed by atoms with Crippen LogP contribution in [0, 0.1) is 0 Å². The zero-order chi connectivity index (χ0) is 11.7. The molecule has 0 aromatic rings. The standard InChI is InChI=1S/C12H24N2O/c1-5-12(15)13-10-8-9-11-14(4,6-2)7-3/h5H,1,6-11H2,2-4H3/p+1. The molecule has 88 valence electrons. The van der Waals surface area contributed by atoms with Gasteiger partial charge in [0, 0.05) is 6.54 Å². The summed E-state index contributed by atoms with van der Waals surface area (Å²) in [5, 5.41) is 2.79. The van der Waals surface area contributed by atoms with Crippen LogP contribution in [0.1, 0.15) is 26.7 Å². The fourth-order valence-electron chi connectivity index (χ4n) is 1.44. The minimum Gasteiger partial charge on any atom is -0.353 e. The Hall–Kier alpha value is -0.830. The highest BCUT2D eigenvalue weighted by atomic mass is 16.1. The molecule has 0 aliphatic carbocycles. The maximum absolute atomic E-state index is 10.9. The molecular weight excluding hydrogens is 188 g/mol. The zero-order valence-electron chi connectivity index (χ0n) is 10.4. The summed E-state index contributed by atoms with van der Waals surface area (Å²) >= 11 is 0. The van der Waals surface area contributed by atoms with Gasteiger partial charge in [-0.05, 0) is 32.8 Å². The first kappa shape index (κ1) is 14.2.